The molecule has 0 spiro atoms. The maximum absolute atomic E-state index is 10.0. The predicted octanol–water partition coefficient (Wildman–Crippen LogP) is -0.729. The van der Waals surface area contributed by atoms with Crippen molar-refractivity contribution >= 4 is 6.47 Å². The Morgan fingerprint density at radius 2 is 2.64 bits per heavy atom. The lowest BCUT2D eigenvalue weighted by molar-refractivity contribution is -0.134. The fourth-order valence-electron chi connectivity index (χ4n) is 1.20. The second-order valence-corrected chi connectivity index (χ2v) is 2.50. The molecule has 0 aliphatic carbocycles. The topological polar surface area (TPSA) is 50.4 Å². The van der Waals surface area contributed by atoms with Gasteiger partial charge in [0.05, 0.1) is 6.04 Å². The van der Waals surface area contributed by atoms with Gasteiger partial charge in [-0.15, -0.1) is 0 Å². The molecule has 4 heteroatoms. The molecule has 0 aromatic heterocycles. The van der Waals surface area contributed by atoms with Gasteiger partial charge in [0.25, 0.3) is 6.47 Å². The summed E-state index contributed by atoms with van der Waals surface area (Å²) < 4.78 is 4.83. The third-order valence-electron chi connectivity index (χ3n) is 1.82. The summed E-state index contributed by atoms with van der Waals surface area (Å²) in [4.78, 5) is 10.0. The summed E-state index contributed by atoms with van der Waals surface area (Å²) in [6, 6.07) is 0.220. The molecule has 0 bridgehead atoms. The second-order valence-electron chi connectivity index (χ2n) is 2.50. The van der Waals surface area contributed by atoms with Crippen LogP contribution < -0.4 is 10.6 Å². The number of nitrogens with one attached hydrogen (secondary N) is 2. The van der Waals surface area contributed by atoms with Gasteiger partial charge in [0, 0.05) is 13.2 Å². The molecule has 1 radical (unpaired) electrons. The molecule has 0 aromatic rings. The lowest BCUT2D eigenvalue weighted by Crippen LogP contribution is -2.38. The summed E-state index contributed by atoms with van der Waals surface area (Å²) in [5.41, 5.74) is 0. The zero-order valence-electron chi connectivity index (χ0n) is 6.38. The van der Waals surface area contributed by atoms with Gasteiger partial charge in [-0.1, -0.05) is 0 Å². The largest absolute Gasteiger partial charge is 0.463 e. The Kier molecular flexibility index (Phi) is 3.32. The minimum Gasteiger partial charge on any atom is -0.463 e. The van der Waals surface area contributed by atoms with E-state index in [1.165, 1.54) is 0 Å². The molecule has 1 aliphatic heterocycles. The summed E-state index contributed by atoms with van der Waals surface area (Å²) >= 11 is 0. The average Bonchev–Trinajstić information content (AvgIpc) is 2.52. The molecule has 1 rings (SSSR count). The molecular weight excluding hydrogens is 144 g/mol. The average molecular weight is 157 g/mol. The van der Waals surface area contributed by atoms with Gasteiger partial charge in [-0.3, -0.25) is 10.1 Å². The van der Waals surface area contributed by atoms with Crippen LogP contribution in [0.1, 0.15) is 6.42 Å². The van der Waals surface area contributed by atoms with Crippen LogP contribution in [0.15, 0.2) is 0 Å². The van der Waals surface area contributed by atoms with E-state index in [-0.39, 0.29) is 12.1 Å². The summed E-state index contributed by atoms with van der Waals surface area (Å²) in [6.07, 6.45) is 0.514. The summed E-state index contributed by atoms with van der Waals surface area (Å²) in [6.45, 7) is 5.80. The number of hydrogen-bond donors (Lipinski definition) is 2. The molecule has 11 heavy (non-hydrogen) atoms. The van der Waals surface area contributed by atoms with Crippen molar-refractivity contribution in [3.05, 3.63) is 6.92 Å². The Hall–Kier alpha value is -0.610. The predicted molar refractivity (Wildman–Crippen MR) is 40.7 cm³/mol. The highest BCUT2D eigenvalue weighted by atomic mass is 16.5. The van der Waals surface area contributed by atoms with Gasteiger partial charge in [-0.25, -0.2) is 0 Å². The molecule has 0 amide bonds. The Morgan fingerprint density at radius 1 is 1.82 bits per heavy atom. The maximum Gasteiger partial charge on any atom is 0.293 e. The van der Waals surface area contributed by atoms with Crippen LogP contribution in [0.2, 0.25) is 0 Å². The second kappa shape index (κ2) is 4.31. The van der Waals surface area contributed by atoms with Crippen LogP contribution in [0.25, 0.3) is 0 Å². The van der Waals surface area contributed by atoms with E-state index in [4.69, 9.17) is 4.74 Å². The van der Waals surface area contributed by atoms with Gasteiger partial charge in [0.1, 0.15) is 6.10 Å². The molecule has 1 heterocycles. The Labute approximate surface area is 66.3 Å². The van der Waals surface area contributed by atoms with E-state index in [1.807, 2.05) is 0 Å². The van der Waals surface area contributed by atoms with Crippen molar-refractivity contribution < 1.29 is 9.53 Å². The van der Waals surface area contributed by atoms with Gasteiger partial charge in [-0.2, -0.15) is 0 Å². The van der Waals surface area contributed by atoms with Crippen molar-refractivity contribution in [3.63, 3.8) is 0 Å². The molecule has 1 fully saturated rings. The number of carbonyl (C=O) groups excluding carboxylic acids is 1. The van der Waals surface area contributed by atoms with Crippen LogP contribution in [-0.2, 0) is 9.53 Å². The van der Waals surface area contributed by atoms with Gasteiger partial charge in [0.15, 0.2) is 0 Å². The van der Waals surface area contributed by atoms with Crippen molar-refractivity contribution in [2.75, 3.05) is 13.2 Å². The van der Waals surface area contributed by atoms with E-state index in [9.17, 15) is 4.79 Å². The van der Waals surface area contributed by atoms with Gasteiger partial charge < -0.3 is 10.1 Å². The van der Waals surface area contributed by atoms with Crippen molar-refractivity contribution in [3.8, 4) is 0 Å². The minimum absolute atomic E-state index is 0.0949. The maximum atomic E-state index is 10.0. The van der Waals surface area contributed by atoms with Crippen LogP contribution in [0, 0.1) is 6.92 Å². The molecule has 2 N–H and O–H groups in total. The molecular formula is C7H13N2O2. The zero-order valence-corrected chi connectivity index (χ0v) is 6.38. The zero-order chi connectivity index (χ0) is 8.10. The molecule has 4 nitrogen and oxygen atoms in total. The fourth-order valence-corrected chi connectivity index (χ4v) is 1.20. The Bertz CT molecular complexity index is 124. The molecule has 2 atom stereocenters. The standard InChI is InChI=1S/C7H13N2O2/c1-2-7(11-5-10)6-3-8-4-9-6/h5-9H,1-4H2. The van der Waals surface area contributed by atoms with E-state index < -0.39 is 0 Å². The highest BCUT2D eigenvalue weighted by Gasteiger charge is 2.23. The van der Waals surface area contributed by atoms with Gasteiger partial charge in [-0.05, 0) is 13.3 Å². The smallest absolute Gasteiger partial charge is 0.293 e. The van der Waals surface area contributed by atoms with Gasteiger partial charge in [0.2, 0.25) is 0 Å². The third kappa shape index (κ3) is 2.17. The molecule has 0 saturated carbocycles. The lowest BCUT2D eigenvalue weighted by atomic mass is 10.1. The Morgan fingerprint density at radius 3 is 3.09 bits per heavy atom. The molecule has 1 saturated heterocycles. The van der Waals surface area contributed by atoms with Gasteiger partial charge >= 0.3 is 0 Å². The number of carbonyl (C=O) groups is 1. The minimum atomic E-state index is -0.0949. The van der Waals surface area contributed by atoms with Crippen LogP contribution in [0.3, 0.4) is 0 Å². The van der Waals surface area contributed by atoms with E-state index in [0.29, 0.717) is 12.9 Å². The SMILES string of the molecule is [CH2]CC(OC=O)C1CNCN1. The summed E-state index contributed by atoms with van der Waals surface area (Å²) in [5, 5.41) is 6.27. The number of rotatable bonds is 4. The van der Waals surface area contributed by atoms with Crippen molar-refractivity contribution in [2.45, 2.75) is 18.6 Å². The van der Waals surface area contributed by atoms with E-state index >= 15 is 0 Å². The molecule has 63 valence electrons. The van der Waals surface area contributed by atoms with E-state index in [0.717, 1.165) is 13.2 Å². The number of hydrogen-bond acceptors (Lipinski definition) is 4. The molecule has 2 unspecified atom stereocenters. The van der Waals surface area contributed by atoms with Crippen LogP contribution >= 0.6 is 0 Å². The van der Waals surface area contributed by atoms with Crippen molar-refractivity contribution in [1.29, 1.82) is 0 Å². The van der Waals surface area contributed by atoms with E-state index in [2.05, 4.69) is 17.6 Å². The fraction of sp³-hybridized carbons (Fsp3) is 0.714. The first-order valence-electron chi connectivity index (χ1n) is 3.71. The third-order valence-corrected chi connectivity index (χ3v) is 1.82. The monoisotopic (exact) mass is 157 g/mol. The molecule has 0 aromatic carbocycles. The lowest BCUT2D eigenvalue weighted by Gasteiger charge is -2.19. The highest BCUT2D eigenvalue weighted by molar-refractivity contribution is 5.37. The van der Waals surface area contributed by atoms with Crippen molar-refractivity contribution in [1.82, 2.24) is 10.6 Å². The summed E-state index contributed by atoms with van der Waals surface area (Å²) in [7, 11) is 0. The van der Waals surface area contributed by atoms with E-state index in [1.54, 1.807) is 0 Å². The van der Waals surface area contributed by atoms with Crippen molar-refractivity contribution in [2.24, 2.45) is 0 Å². The molecule has 1 aliphatic rings. The first kappa shape index (κ1) is 8.49. The normalized spacial score (nSPS) is 26.5. The quantitative estimate of drug-likeness (QED) is 0.528. The van der Waals surface area contributed by atoms with Crippen LogP contribution in [-0.4, -0.2) is 31.8 Å². The van der Waals surface area contributed by atoms with Crippen LogP contribution in [0.5, 0.6) is 0 Å². The first-order valence-corrected chi connectivity index (χ1v) is 3.71. The van der Waals surface area contributed by atoms with Crippen LogP contribution in [0.4, 0.5) is 0 Å². The first-order chi connectivity index (χ1) is 5.38. The Balaban J connectivity index is 2.33. The highest BCUT2D eigenvalue weighted by Crippen LogP contribution is 2.04. The summed E-state index contributed by atoms with van der Waals surface area (Å²) in [5.74, 6) is 0. The number of ether oxygens (including phenoxy) is 1.